The number of halogens is 1. The fourth-order valence-corrected chi connectivity index (χ4v) is 3.07. The van der Waals surface area contributed by atoms with Crippen molar-refractivity contribution in [3.8, 4) is 0 Å². The number of guanidine groups is 1. The van der Waals surface area contributed by atoms with E-state index in [9.17, 15) is 4.79 Å². The minimum Gasteiger partial charge on any atom is -0.469 e. The van der Waals surface area contributed by atoms with E-state index in [1.807, 2.05) is 0 Å². The largest absolute Gasteiger partial charge is 0.469 e. The summed E-state index contributed by atoms with van der Waals surface area (Å²) in [5.74, 6) is 0.702. The van der Waals surface area contributed by atoms with Crippen molar-refractivity contribution in [3.05, 3.63) is 29.3 Å². The van der Waals surface area contributed by atoms with Crippen molar-refractivity contribution in [1.82, 2.24) is 10.6 Å². The first-order valence-corrected chi connectivity index (χ1v) is 10.1. The standard InChI is InChI=1S/C19H31N3O2S.HI/c1-5-20-19(21-12-8-6-7-9-18(23)24-3)22-14-16-11-10-15(2)13-17(16)25-4;/h10-11,13H,5-9,12,14H2,1-4H3,(H2,20,21,22);1H. The number of aryl methyl sites for hydroxylation is 1. The maximum Gasteiger partial charge on any atom is 0.305 e. The summed E-state index contributed by atoms with van der Waals surface area (Å²) in [5, 5.41) is 6.64. The van der Waals surface area contributed by atoms with Crippen molar-refractivity contribution < 1.29 is 9.53 Å². The summed E-state index contributed by atoms with van der Waals surface area (Å²) < 4.78 is 4.64. The quantitative estimate of drug-likeness (QED) is 0.128. The Bertz CT molecular complexity index is 568. The maximum absolute atomic E-state index is 11.1. The number of methoxy groups -OCH3 is 1. The third-order valence-electron chi connectivity index (χ3n) is 3.77. The van der Waals surface area contributed by atoms with Gasteiger partial charge in [0, 0.05) is 24.4 Å². The van der Waals surface area contributed by atoms with Crippen LogP contribution in [0.1, 0.15) is 43.7 Å². The molecule has 1 aromatic rings. The highest BCUT2D eigenvalue weighted by atomic mass is 127. The molecule has 0 aliphatic heterocycles. The van der Waals surface area contributed by atoms with Crippen molar-refractivity contribution in [2.24, 2.45) is 4.99 Å². The predicted molar refractivity (Wildman–Crippen MR) is 122 cm³/mol. The number of carbonyl (C=O) groups excluding carboxylic acids is 1. The van der Waals surface area contributed by atoms with Gasteiger partial charge >= 0.3 is 5.97 Å². The number of hydrogen-bond donors (Lipinski definition) is 2. The van der Waals surface area contributed by atoms with Crippen molar-refractivity contribution in [3.63, 3.8) is 0 Å². The monoisotopic (exact) mass is 493 g/mol. The lowest BCUT2D eigenvalue weighted by Crippen LogP contribution is -2.37. The number of benzene rings is 1. The Kier molecular flexibility index (Phi) is 14.6. The van der Waals surface area contributed by atoms with Crippen LogP contribution < -0.4 is 10.6 Å². The third kappa shape index (κ3) is 10.3. The molecule has 0 aliphatic rings. The molecule has 0 heterocycles. The van der Waals surface area contributed by atoms with Gasteiger partial charge in [0.05, 0.1) is 13.7 Å². The Morgan fingerprint density at radius 2 is 2.00 bits per heavy atom. The average molecular weight is 493 g/mol. The number of aliphatic imine (C=N–C) groups is 1. The second-order valence-corrected chi connectivity index (χ2v) is 6.67. The van der Waals surface area contributed by atoms with Crippen molar-refractivity contribution in [2.45, 2.75) is 51.0 Å². The Labute approximate surface area is 179 Å². The van der Waals surface area contributed by atoms with E-state index in [2.05, 4.69) is 58.7 Å². The van der Waals surface area contributed by atoms with Crippen molar-refractivity contribution in [2.75, 3.05) is 26.5 Å². The van der Waals surface area contributed by atoms with Crippen LogP contribution in [0.3, 0.4) is 0 Å². The first kappa shape index (κ1) is 25.0. The zero-order chi connectivity index (χ0) is 18.5. The van der Waals surface area contributed by atoms with Crippen LogP contribution >= 0.6 is 35.7 Å². The second kappa shape index (κ2) is 15.1. The van der Waals surface area contributed by atoms with E-state index in [0.29, 0.717) is 13.0 Å². The topological polar surface area (TPSA) is 62.7 Å². The van der Waals surface area contributed by atoms with E-state index in [4.69, 9.17) is 0 Å². The van der Waals surface area contributed by atoms with Crippen LogP contribution in [0.5, 0.6) is 0 Å². The number of nitrogens with zero attached hydrogens (tertiary/aromatic N) is 1. The summed E-state index contributed by atoms with van der Waals surface area (Å²) in [6.07, 6.45) is 5.45. The molecule has 0 amide bonds. The number of ether oxygens (including phenoxy) is 1. The van der Waals surface area contributed by atoms with Crippen molar-refractivity contribution >= 4 is 47.7 Å². The lowest BCUT2D eigenvalue weighted by molar-refractivity contribution is -0.140. The Morgan fingerprint density at radius 1 is 1.23 bits per heavy atom. The minimum atomic E-state index is -0.134. The van der Waals surface area contributed by atoms with Crippen LogP contribution in [0.4, 0.5) is 0 Å². The molecule has 0 aliphatic carbocycles. The molecule has 2 N–H and O–H groups in total. The first-order valence-electron chi connectivity index (χ1n) is 8.83. The van der Waals surface area contributed by atoms with E-state index in [1.54, 1.807) is 11.8 Å². The third-order valence-corrected chi connectivity index (χ3v) is 4.59. The highest BCUT2D eigenvalue weighted by Gasteiger charge is 2.03. The lowest BCUT2D eigenvalue weighted by atomic mass is 10.1. The number of nitrogens with one attached hydrogen (secondary N) is 2. The Hall–Kier alpha value is -0.960. The molecule has 0 spiro atoms. The predicted octanol–water partition coefficient (Wildman–Crippen LogP) is 4.12. The summed E-state index contributed by atoms with van der Waals surface area (Å²) in [6.45, 7) is 6.51. The molecule has 7 heteroatoms. The van der Waals surface area contributed by atoms with Gasteiger partial charge in [-0.1, -0.05) is 18.6 Å². The van der Waals surface area contributed by atoms with Crippen LogP contribution in [0, 0.1) is 6.92 Å². The molecule has 1 aromatic carbocycles. The molecule has 0 bridgehead atoms. The van der Waals surface area contributed by atoms with Gasteiger partial charge < -0.3 is 15.4 Å². The molecule has 26 heavy (non-hydrogen) atoms. The summed E-state index contributed by atoms with van der Waals surface area (Å²) in [6, 6.07) is 6.49. The van der Waals surface area contributed by atoms with Crippen LogP contribution in [0.25, 0.3) is 0 Å². The average Bonchev–Trinajstić information content (AvgIpc) is 2.62. The molecule has 0 radical (unpaired) electrons. The molecule has 0 atom stereocenters. The number of esters is 1. The van der Waals surface area contributed by atoms with Gasteiger partial charge in [0.25, 0.3) is 0 Å². The van der Waals surface area contributed by atoms with Gasteiger partial charge in [0.2, 0.25) is 0 Å². The first-order chi connectivity index (χ1) is 12.1. The molecule has 5 nitrogen and oxygen atoms in total. The number of thioether (sulfide) groups is 1. The molecular formula is C19H32IN3O2S. The van der Waals surface area contributed by atoms with Crippen LogP contribution in [-0.4, -0.2) is 38.4 Å². The van der Waals surface area contributed by atoms with Gasteiger partial charge in [-0.3, -0.25) is 4.79 Å². The lowest BCUT2D eigenvalue weighted by Gasteiger charge is -2.12. The van der Waals surface area contributed by atoms with Gasteiger partial charge in [-0.25, -0.2) is 4.99 Å². The molecule has 0 fully saturated rings. The van der Waals surface area contributed by atoms with Crippen LogP contribution in [0.15, 0.2) is 28.1 Å². The Morgan fingerprint density at radius 3 is 2.65 bits per heavy atom. The summed E-state index contributed by atoms with van der Waals surface area (Å²) >= 11 is 1.76. The van der Waals surface area contributed by atoms with E-state index in [-0.39, 0.29) is 29.9 Å². The fourth-order valence-electron chi connectivity index (χ4n) is 2.37. The zero-order valence-corrected chi connectivity index (χ0v) is 19.4. The minimum absolute atomic E-state index is 0. The molecule has 0 unspecified atom stereocenters. The number of carbonyl (C=O) groups is 1. The van der Waals surface area contributed by atoms with Gasteiger partial charge in [-0.05, 0) is 50.1 Å². The van der Waals surface area contributed by atoms with E-state index in [0.717, 1.165) is 38.3 Å². The Balaban J connectivity index is 0.00000625. The molecule has 0 saturated heterocycles. The molecule has 148 valence electrons. The van der Waals surface area contributed by atoms with Crippen molar-refractivity contribution in [1.29, 1.82) is 0 Å². The fraction of sp³-hybridized carbons (Fsp3) is 0.579. The van der Waals surface area contributed by atoms with Gasteiger partial charge in [0.15, 0.2) is 5.96 Å². The van der Waals surface area contributed by atoms with Gasteiger partial charge in [-0.15, -0.1) is 35.7 Å². The smallest absolute Gasteiger partial charge is 0.305 e. The number of unbranched alkanes of at least 4 members (excludes halogenated alkanes) is 2. The van der Waals surface area contributed by atoms with Crippen LogP contribution in [0.2, 0.25) is 0 Å². The SMILES string of the molecule is CCNC(=NCc1ccc(C)cc1SC)NCCCCCC(=O)OC.I. The molecule has 1 rings (SSSR count). The van der Waals surface area contributed by atoms with Crippen LogP contribution in [-0.2, 0) is 16.1 Å². The van der Waals surface area contributed by atoms with E-state index >= 15 is 0 Å². The second-order valence-electron chi connectivity index (χ2n) is 5.82. The zero-order valence-electron chi connectivity index (χ0n) is 16.3. The summed E-state index contributed by atoms with van der Waals surface area (Å²) in [4.78, 5) is 17.0. The highest BCUT2D eigenvalue weighted by Crippen LogP contribution is 2.22. The normalized spacial score (nSPS) is 10.8. The van der Waals surface area contributed by atoms with Gasteiger partial charge in [-0.2, -0.15) is 0 Å². The summed E-state index contributed by atoms with van der Waals surface area (Å²) in [5.41, 5.74) is 2.52. The number of hydrogen-bond acceptors (Lipinski definition) is 4. The molecule has 0 saturated carbocycles. The van der Waals surface area contributed by atoms with Gasteiger partial charge in [0.1, 0.15) is 0 Å². The molecule has 0 aromatic heterocycles. The van der Waals surface area contributed by atoms with E-state index < -0.39 is 0 Å². The summed E-state index contributed by atoms with van der Waals surface area (Å²) in [7, 11) is 1.43. The molecular weight excluding hydrogens is 461 g/mol. The highest BCUT2D eigenvalue weighted by molar-refractivity contribution is 14.0. The maximum atomic E-state index is 11.1. The van der Waals surface area contributed by atoms with E-state index in [1.165, 1.54) is 23.1 Å². The number of rotatable bonds is 10.